The third kappa shape index (κ3) is 3.45. The number of nitrogens with two attached hydrogens (primary N) is 1. The summed E-state index contributed by atoms with van der Waals surface area (Å²) in [5.41, 5.74) is 12.5. The average Bonchev–Trinajstić information content (AvgIpc) is 3.07. The molecule has 0 fully saturated rings. The first-order valence-electron chi connectivity index (χ1n) is 10.3. The molecule has 144 valence electrons. The number of H-pyrrole nitrogens is 1. The SMILES string of the molecule is CC(C)(C)c1ccc(-c2[nH]c3c(ccc4ccccc43)c2CCCCN)cc1. The summed E-state index contributed by atoms with van der Waals surface area (Å²) >= 11 is 0. The predicted molar refractivity (Wildman–Crippen MR) is 122 cm³/mol. The minimum Gasteiger partial charge on any atom is -0.354 e. The number of fused-ring (bicyclic) bond motifs is 3. The lowest BCUT2D eigenvalue weighted by molar-refractivity contribution is 0.590. The van der Waals surface area contributed by atoms with Crippen molar-refractivity contribution < 1.29 is 0 Å². The van der Waals surface area contributed by atoms with Gasteiger partial charge in [-0.1, -0.05) is 81.4 Å². The maximum absolute atomic E-state index is 5.75. The van der Waals surface area contributed by atoms with Crippen LogP contribution in [-0.4, -0.2) is 11.5 Å². The highest BCUT2D eigenvalue weighted by Gasteiger charge is 2.17. The van der Waals surface area contributed by atoms with E-state index in [1.807, 2.05) is 0 Å². The highest BCUT2D eigenvalue weighted by Crippen LogP contribution is 2.36. The van der Waals surface area contributed by atoms with E-state index >= 15 is 0 Å². The number of unbranched alkanes of at least 4 members (excludes halogenated alkanes) is 1. The highest BCUT2D eigenvalue weighted by atomic mass is 14.7. The fraction of sp³-hybridized carbons (Fsp3) is 0.308. The quantitative estimate of drug-likeness (QED) is 0.383. The molecule has 0 saturated heterocycles. The number of aromatic amines is 1. The molecule has 1 heterocycles. The number of nitrogens with one attached hydrogen (secondary N) is 1. The number of rotatable bonds is 5. The van der Waals surface area contributed by atoms with Crippen molar-refractivity contribution in [1.29, 1.82) is 0 Å². The topological polar surface area (TPSA) is 41.8 Å². The fourth-order valence-electron chi connectivity index (χ4n) is 4.08. The summed E-state index contributed by atoms with van der Waals surface area (Å²) in [5, 5.41) is 3.91. The molecule has 0 amide bonds. The van der Waals surface area contributed by atoms with Gasteiger partial charge in [-0.15, -0.1) is 0 Å². The van der Waals surface area contributed by atoms with Gasteiger partial charge in [0.1, 0.15) is 0 Å². The lowest BCUT2D eigenvalue weighted by atomic mass is 9.86. The Kier molecular flexibility index (Phi) is 4.99. The van der Waals surface area contributed by atoms with Crippen molar-refractivity contribution in [2.45, 2.75) is 45.4 Å². The van der Waals surface area contributed by atoms with Crippen molar-refractivity contribution in [2.24, 2.45) is 5.73 Å². The number of hydrogen-bond acceptors (Lipinski definition) is 1. The Labute approximate surface area is 167 Å². The van der Waals surface area contributed by atoms with Gasteiger partial charge in [0.2, 0.25) is 0 Å². The van der Waals surface area contributed by atoms with Crippen molar-refractivity contribution >= 4 is 21.7 Å². The summed E-state index contributed by atoms with van der Waals surface area (Å²) in [7, 11) is 0. The van der Waals surface area contributed by atoms with E-state index in [9.17, 15) is 0 Å². The highest BCUT2D eigenvalue weighted by molar-refractivity contribution is 6.08. The number of benzene rings is 3. The normalized spacial score (nSPS) is 12.1. The van der Waals surface area contributed by atoms with Crippen LogP contribution in [0.25, 0.3) is 32.9 Å². The van der Waals surface area contributed by atoms with Crippen LogP contribution < -0.4 is 5.73 Å². The van der Waals surface area contributed by atoms with Crippen LogP contribution in [0.15, 0.2) is 60.7 Å². The van der Waals surface area contributed by atoms with E-state index in [0.717, 1.165) is 25.8 Å². The van der Waals surface area contributed by atoms with Gasteiger partial charge >= 0.3 is 0 Å². The Balaban J connectivity index is 1.88. The van der Waals surface area contributed by atoms with Crippen LogP contribution in [0, 0.1) is 0 Å². The molecule has 0 unspecified atom stereocenters. The van der Waals surface area contributed by atoms with Crippen LogP contribution in [0.3, 0.4) is 0 Å². The van der Waals surface area contributed by atoms with Crippen LogP contribution in [-0.2, 0) is 11.8 Å². The third-order valence-electron chi connectivity index (χ3n) is 5.73. The van der Waals surface area contributed by atoms with E-state index in [1.54, 1.807) is 0 Å². The van der Waals surface area contributed by atoms with Crippen molar-refractivity contribution in [1.82, 2.24) is 4.98 Å². The lowest BCUT2D eigenvalue weighted by Crippen LogP contribution is -2.10. The molecule has 0 spiro atoms. The van der Waals surface area contributed by atoms with Gasteiger partial charge in [-0.3, -0.25) is 0 Å². The van der Waals surface area contributed by atoms with E-state index in [-0.39, 0.29) is 5.41 Å². The van der Waals surface area contributed by atoms with Crippen molar-refractivity contribution in [2.75, 3.05) is 6.54 Å². The zero-order chi connectivity index (χ0) is 19.7. The van der Waals surface area contributed by atoms with Gasteiger partial charge < -0.3 is 10.7 Å². The second-order valence-electron chi connectivity index (χ2n) is 8.76. The van der Waals surface area contributed by atoms with Gasteiger partial charge in [0.25, 0.3) is 0 Å². The molecule has 0 saturated carbocycles. The smallest absolute Gasteiger partial charge is 0.0541 e. The molecule has 2 nitrogen and oxygen atoms in total. The van der Waals surface area contributed by atoms with Gasteiger partial charge in [-0.05, 0) is 53.3 Å². The summed E-state index contributed by atoms with van der Waals surface area (Å²) in [6.45, 7) is 7.53. The van der Waals surface area contributed by atoms with Gasteiger partial charge in [-0.25, -0.2) is 0 Å². The van der Waals surface area contributed by atoms with Gasteiger partial charge in [0, 0.05) is 16.5 Å². The number of aromatic nitrogens is 1. The zero-order valence-corrected chi connectivity index (χ0v) is 17.2. The van der Waals surface area contributed by atoms with Crippen LogP contribution in [0.2, 0.25) is 0 Å². The Morgan fingerprint density at radius 1 is 0.821 bits per heavy atom. The summed E-state index contributed by atoms with van der Waals surface area (Å²) < 4.78 is 0. The van der Waals surface area contributed by atoms with Crippen molar-refractivity contribution in [3.63, 3.8) is 0 Å². The van der Waals surface area contributed by atoms with Gasteiger partial charge in [0.05, 0.1) is 5.52 Å². The first kappa shape index (κ1) is 18.8. The Morgan fingerprint density at radius 3 is 2.29 bits per heavy atom. The molecule has 4 aromatic rings. The molecule has 2 heteroatoms. The Bertz CT molecular complexity index is 1100. The van der Waals surface area contributed by atoms with Crippen molar-refractivity contribution in [3.8, 4) is 11.3 Å². The first-order valence-corrected chi connectivity index (χ1v) is 10.3. The van der Waals surface area contributed by atoms with E-state index in [4.69, 9.17) is 5.73 Å². The molecule has 3 N–H and O–H groups in total. The van der Waals surface area contributed by atoms with Crippen LogP contribution >= 0.6 is 0 Å². The van der Waals surface area contributed by atoms with Gasteiger partial charge in [-0.2, -0.15) is 0 Å². The predicted octanol–water partition coefficient (Wildman–Crippen LogP) is 6.57. The van der Waals surface area contributed by atoms with Gasteiger partial charge in [0.15, 0.2) is 0 Å². The van der Waals surface area contributed by atoms with Crippen molar-refractivity contribution in [3.05, 3.63) is 71.8 Å². The van der Waals surface area contributed by atoms with Crippen LogP contribution in [0.1, 0.15) is 44.7 Å². The van der Waals surface area contributed by atoms with E-state index in [2.05, 4.69) is 86.4 Å². The Morgan fingerprint density at radius 2 is 1.57 bits per heavy atom. The third-order valence-corrected chi connectivity index (χ3v) is 5.73. The summed E-state index contributed by atoms with van der Waals surface area (Å²) in [5.74, 6) is 0. The second kappa shape index (κ2) is 7.44. The summed E-state index contributed by atoms with van der Waals surface area (Å²) in [6, 6.07) is 22.2. The molecule has 28 heavy (non-hydrogen) atoms. The number of aryl methyl sites for hydroxylation is 1. The van der Waals surface area contributed by atoms with E-state index in [1.165, 1.54) is 44.1 Å². The van der Waals surface area contributed by atoms with E-state index < -0.39 is 0 Å². The largest absolute Gasteiger partial charge is 0.354 e. The second-order valence-corrected chi connectivity index (χ2v) is 8.76. The minimum atomic E-state index is 0.166. The Hall–Kier alpha value is -2.58. The summed E-state index contributed by atoms with van der Waals surface area (Å²) in [4.78, 5) is 3.78. The molecule has 0 atom stereocenters. The molecule has 0 bridgehead atoms. The maximum Gasteiger partial charge on any atom is 0.0541 e. The first-order chi connectivity index (χ1) is 13.5. The molecular weight excluding hydrogens is 340 g/mol. The average molecular weight is 371 g/mol. The molecule has 0 aliphatic heterocycles. The molecule has 0 aliphatic carbocycles. The standard InChI is InChI=1S/C26H30N2/c1-26(2,3)20-14-11-19(12-15-20)24-22(10-6-7-17-27)23-16-13-18-8-4-5-9-21(18)25(23)28-24/h4-5,8-9,11-16,28H,6-7,10,17,27H2,1-3H3. The molecule has 3 aromatic carbocycles. The molecule has 1 aromatic heterocycles. The molecule has 0 radical (unpaired) electrons. The monoisotopic (exact) mass is 370 g/mol. The minimum absolute atomic E-state index is 0.166. The fourth-order valence-corrected chi connectivity index (χ4v) is 4.08. The van der Waals surface area contributed by atoms with Crippen LogP contribution in [0.4, 0.5) is 0 Å². The summed E-state index contributed by atoms with van der Waals surface area (Å²) in [6.07, 6.45) is 3.22. The maximum atomic E-state index is 5.75. The molecule has 4 rings (SSSR count). The molecule has 0 aliphatic rings. The molecular formula is C26H30N2. The number of hydrogen-bond donors (Lipinski definition) is 2. The van der Waals surface area contributed by atoms with Crippen LogP contribution in [0.5, 0.6) is 0 Å². The lowest BCUT2D eigenvalue weighted by Gasteiger charge is -2.19. The van der Waals surface area contributed by atoms with E-state index in [0.29, 0.717) is 0 Å². The zero-order valence-electron chi connectivity index (χ0n) is 17.2.